The summed E-state index contributed by atoms with van der Waals surface area (Å²) < 4.78 is 0. The average Bonchev–Trinajstić information content (AvgIpc) is 2.93. The number of rotatable bonds is 2. The normalized spacial score (nSPS) is 10.7. The number of pyridine rings is 2. The van der Waals surface area contributed by atoms with Crippen molar-refractivity contribution < 1.29 is 0 Å². The lowest BCUT2D eigenvalue weighted by molar-refractivity contribution is 1.36. The Morgan fingerprint density at radius 1 is 0.471 bits per heavy atom. The number of fused-ring (bicyclic) bond motifs is 3. The summed E-state index contributed by atoms with van der Waals surface area (Å²) in [6.07, 6.45) is 0. The van der Waals surface area contributed by atoms with E-state index in [9.17, 15) is 0 Å². The van der Waals surface area contributed by atoms with Crippen LogP contribution in [0.3, 0.4) is 0 Å². The largest absolute Gasteiger partial charge is 0.245 e. The molecule has 0 saturated carbocycles. The SMILES string of the molecule is C(#Cc1cc2ccc(-c3ccccc3)nc2c2nc(-c3ccccc3)ccc12)c1ccccc1. The van der Waals surface area contributed by atoms with Crippen LogP contribution in [-0.4, -0.2) is 9.97 Å². The van der Waals surface area contributed by atoms with E-state index >= 15 is 0 Å². The molecule has 0 atom stereocenters. The van der Waals surface area contributed by atoms with Crippen molar-refractivity contribution in [1.29, 1.82) is 0 Å². The monoisotopic (exact) mass is 432 g/mol. The van der Waals surface area contributed by atoms with Crippen molar-refractivity contribution in [1.82, 2.24) is 9.97 Å². The fourth-order valence-electron chi connectivity index (χ4n) is 4.17. The molecule has 2 nitrogen and oxygen atoms in total. The van der Waals surface area contributed by atoms with Crippen LogP contribution < -0.4 is 0 Å². The van der Waals surface area contributed by atoms with E-state index in [0.29, 0.717) is 0 Å². The molecular weight excluding hydrogens is 412 g/mol. The summed E-state index contributed by atoms with van der Waals surface area (Å²) in [5, 5.41) is 2.04. The highest BCUT2D eigenvalue weighted by Gasteiger charge is 2.12. The number of hydrogen-bond donors (Lipinski definition) is 0. The smallest absolute Gasteiger partial charge is 0.0984 e. The average molecular weight is 433 g/mol. The van der Waals surface area contributed by atoms with E-state index in [-0.39, 0.29) is 0 Å². The zero-order chi connectivity index (χ0) is 22.7. The molecule has 6 aromatic rings. The Hall–Kier alpha value is -4.74. The quantitative estimate of drug-likeness (QED) is 0.209. The minimum atomic E-state index is 0.869. The second-order valence-electron chi connectivity index (χ2n) is 8.13. The summed E-state index contributed by atoms with van der Waals surface area (Å²) in [5.41, 5.74) is 7.73. The van der Waals surface area contributed by atoms with Crippen LogP contribution in [0.25, 0.3) is 44.3 Å². The topological polar surface area (TPSA) is 25.8 Å². The van der Waals surface area contributed by atoms with Gasteiger partial charge in [0.1, 0.15) is 0 Å². The van der Waals surface area contributed by atoms with Gasteiger partial charge in [-0.3, -0.25) is 0 Å². The van der Waals surface area contributed by atoms with Gasteiger partial charge in [0.25, 0.3) is 0 Å². The number of hydrogen-bond acceptors (Lipinski definition) is 2. The Kier molecular flexibility index (Phi) is 5.07. The Balaban J connectivity index is 1.61. The molecule has 0 bridgehead atoms. The van der Waals surface area contributed by atoms with Crippen molar-refractivity contribution in [3.05, 3.63) is 132 Å². The van der Waals surface area contributed by atoms with Gasteiger partial charge in [-0.15, -0.1) is 0 Å². The van der Waals surface area contributed by atoms with Crippen LogP contribution >= 0.6 is 0 Å². The fourth-order valence-corrected chi connectivity index (χ4v) is 4.17. The maximum Gasteiger partial charge on any atom is 0.0984 e. The van der Waals surface area contributed by atoms with Gasteiger partial charge in [-0.1, -0.05) is 96.8 Å². The molecule has 0 amide bonds. The summed E-state index contributed by atoms with van der Waals surface area (Å²) in [6.45, 7) is 0. The zero-order valence-electron chi connectivity index (χ0n) is 18.4. The molecule has 2 aromatic heterocycles. The molecule has 0 radical (unpaired) electrons. The minimum absolute atomic E-state index is 0.869. The molecule has 2 heterocycles. The minimum Gasteiger partial charge on any atom is -0.245 e. The molecule has 0 saturated heterocycles. The number of nitrogens with zero attached hydrogens (tertiary/aromatic N) is 2. The van der Waals surface area contributed by atoms with Crippen molar-refractivity contribution in [3.63, 3.8) is 0 Å². The Labute approximate surface area is 198 Å². The summed E-state index contributed by atoms with van der Waals surface area (Å²) in [6, 6.07) is 41.1. The van der Waals surface area contributed by atoms with Crippen LogP contribution in [0, 0.1) is 11.8 Å². The predicted molar refractivity (Wildman–Crippen MR) is 140 cm³/mol. The van der Waals surface area contributed by atoms with Crippen LogP contribution in [0.15, 0.2) is 121 Å². The van der Waals surface area contributed by atoms with E-state index in [0.717, 1.165) is 55.4 Å². The van der Waals surface area contributed by atoms with Crippen LogP contribution in [0.4, 0.5) is 0 Å². The fraction of sp³-hybridized carbons (Fsp3) is 0. The van der Waals surface area contributed by atoms with E-state index < -0.39 is 0 Å². The maximum atomic E-state index is 5.09. The molecule has 0 aliphatic rings. The second-order valence-corrected chi connectivity index (χ2v) is 8.13. The highest BCUT2D eigenvalue weighted by Crippen LogP contribution is 2.31. The third-order valence-electron chi connectivity index (χ3n) is 5.89. The van der Waals surface area contributed by atoms with Crippen molar-refractivity contribution >= 4 is 21.8 Å². The second kappa shape index (κ2) is 8.65. The molecule has 0 aliphatic carbocycles. The summed E-state index contributed by atoms with van der Waals surface area (Å²) in [5.74, 6) is 6.69. The van der Waals surface area contributed by atoms with E-state index in [1.54, 1.807) is 0 Å². The predicted octanol–water partition coefficient (Wildman–Crippen LogP) is 7.52. The first-order chi connectivity index (χ1) is 16.8. The maximum absolute atomic E-state index is 5.09. The molecule has 6 rings (SSSR count). The van der Waals surface area contributed by atoms with Gasteiger partial charge >= 0.3 is 0 Å². The first kappa shape index (κ1) is 19.9. The van der Waals surface area contributed by atoms with Crippen LogP contribution in [0.5, 0.6) is 0 Å². The molecule has 34 heavy (non-hydrogen) atoms. The van der Waals surface area contributed by atoms with Crippen LogP contribution in [0.1, 0.15) is 11.1 Å². The molecule has 0 unspecified atom stereocenters. The van der Waals surface area contributed by atoms with Crippen molar-refractivity contribution in [2.24, 2.45) is 0 Å². The van der Waals surface area contributed by atoms with Crippen LogP contribution in [-0.2, 0) is 0 Å². The molecule has 4 aromatic carbocycles. The number of benzene rings is 4. The highest BCUT2D eigenvalue weighted by atomic mass is 14.8. The van der Waals surface area contributed by atoms with E-state index in [1.807, 2.05) is 66.7 Å². The van der Waals surface area contributed by atoms with Gasteiger partial charge in [0.2, 0.25) is 0 Å². The van der Waals surface area contributed by atoms with Gasteiger partial charge in [-0.25, -0.2) is 9.97 Å². The van der Waals surface area contributed by atoms with Gasteiger partial charge < -0.3 is 0 Å². The Bertz CT molecular complexity index is 1680. The number of aromatic nitrogens is 2. The van der Waals surface area contributed by atoms with Crippen molar-refractivity contribution in [2.45, 2.75) is 0 Å². The first-order valence-electron chi connectivity index (χ1n) is 11.3. The van der Waals surface area contributed by atoms with E-state index in [2.05, 4.69) is 66.4 Å². The standard InChI is InChI=1S/C32H20N2/c1-4-10-23(11-5-1)16-17-26-22-27-18-20-29(24-12-6-2-7-13-24)33-31(27)32-28(26)19-21-30(34-32)25-14-8-3-9-15-25/h1-15,18-22H. The summed E-state index contributed by atoms with van der Waals surface area (Å²) in [7, 11) is 0. The first-order valence-corrected chi connectivity index (χ1v) is 11.3. The summed E-state index contributed by atoms with van der Waals surface area (Å²) >= 11 is 0. The Morgan fingerprint density at radius 3 is 1.68 bits per heavy atom. The van der Waals surface area contributed by atoms with Gasteiger partial charge in [0.15, 0.2) is 0 Å². The molecule has 0 N–H and O–H groups in total. The van der Waals surface area contributed by atoms with Gasteiger partial charge in [-0.05, 0) is 36.4 Å². The molecular formula is C32H20N2. The highest BCUT2D eigenvalue weighted by molar-refractivity contribution is 6.07. The lowest BCUT2D eigenvalue weighted by Crippen LogP contribution is -1.93. The lowest BCUT2D eigenvalue weighted by Gasteiger charge is -2.10. The molecule has 158 valence electrons. The zero-order valence-corrected chi connectivity index (χ0v) is 18.4. The van der Waals surface area contributed by atoms with Crippen molar-refractivity contribution in [2.75, 3.05) is 0 Å². The van der Waals surface area contributed by atoms with Gasteiger partial charge in [0, 0.05) is 33.0 Å². The van der Waals surface area contributed by atoms with Gasteiger partial charge in [0.05, 0.1) is 22.4 Å². The molecule has 2 heteroatoms. The third kappa shape index (κ3) is 3.81. The third-order valence-corrected chi connectivity index (χ3v) is 5.89. The summed E-state index contributed by atoms with van der Waals surface area (Å²) in [4.78, 5) is 10.2. The van der Waals surface area contributed by atoms with E-state index in [4.69, 9.17) is 9.97 Å². The molecule has 0 aliphatic heterocycles. The van der Waals surface area contributed by atoms with E-state index in [1.165, 1.54) is 0 Å². The Morgan fingerprint density at radius 2 is 1.03 bits per heavy atom. The van der Waals surface area contributed by atoms with Crippen LogP contribution in [0.2, 0.25) is 0 Å². The lowest BCUT2D eigenvalue weighted by atomic mass is 10.0. The van der Waals surface area contributed by atoms with Gasteiger partial charge in [-0.2, -0.15) is 0 Å². The van der Waals surface area contributed by atoms with Crippen molar-refractivity contribution in [3.8, 4) is 34.4 Å². The molecule has 0 fully saturated rings. The molecule has 0 spiro atoms.